The molecule has 0 radical (unpaired) electrons. The molecule has 16 heavy (non-hydrogen) atoms. The molecule has 1 rings (SSSR count). The summed E-state index contributed by atoms with van der Waals surface area (Å²) in [5, 5.41) is 12.4. The second-order valence-corrected chi connectivity index (χ2v) is 5.40. The number of hydrogen-bond donors (Lipinski definition) is 2. The fourth-order valence-electron chi connectivity index (χ4n) is 2.17. The van der Waals surface area contributed by atoms with E-state index in [2.05, 4.69) is 26.1 Å². The number of nitrogens with one attached hydrogen (secondary N) is 1. The summed E-state index contributed by atoms with van der Waals surface area (Å²) in [4.78, 5) is 0. The van der Waals surface area contributed by atoms with E-state index < -0.39 is 0 Å². The lowest BCUT2D eigenvalue weighted by molar-refractivity contribution is -0.0247. The van der Waals surface area contributed by atoms with Gasteiger partial charge in [-0.2, -0.15) is 0 Å². The van der Waals surface area contributed by atoms with E-state index in [4.69, 9.17) is 9.84 Å². The molecule has 0 amide bonds. The average molecular weight is 229 g/mol. The first-order valence-electron chi connectivity index (χ1n) is 6.59. The molecule has 1 aliphatic heterocycles. The molecular weight excluding hydrogens is 202 g/mol. The lowest BCUT2D eigenvalue weighted by atomic mass is 9.95. The first kappa shape index (κ1) is 13.9. The summed E-state index contributed by atoms with van der Waals surface area (Å²) < 4.78 is 5.74. The van der Waals surface area contributed by atoms with Crippen molar-refractivity contribution < 1.29 is 9.84 Å². The predicted octanol–water partition coefficient (Wildman–Crippen LogP) is 1.80. The Labute approximate surface area is 99.6 Å². The zero-order valence-corrected chi connectivity index (χ0v) is 10.9. The molecule has 0 spiro atoms. The summed E-state index contributed by atoms with van der Waals surface area (Å²) in [6.07, 6.45) is 3.56. The van der Waals surface area contributed by atoms with Gasteiger partial charge in [0.1, 0.15) is 0 Å². The maximum Gasteiger partial charge on any atom is 0.0612 e. The minimum Gasteiger partial charge on any atom is -0.396 e. The first-order chi connectivity index (χ1) is 7.63. The van der Waals surface area contributed by atoms with Gasteiger partial charge in [0.25, 0.3) is 0 Å². The van der Waals surface area contributed by atoms with E-state index in [0.29, 0.717) is 30.6 Å². The van der Waals surface area contributed by atoms with E-state index in [1.54, 1.807) is 0 Å². The lowest BCUT2D eigenvalue weighted by Crippen LogP contribution is -2.42. The van der Waals surface area contributed by atoms with Crippen LogP contribution in [-0.4, -0.2) is 37.0 Å². The monoisotopic (exact) mass is 229 g/mol. The van der Waals surface area contributed by atoms with Gasteiger partial charge in [0, 0.05) is 19.3 Å². The van der Waals surface area contributed by atoms with Crippen molar-refractivity contribution >= 4 is 0 Å². The smallest absolute Gasteiger partial charge is 0.0612 e. The van der Waals surface area contributed by atoms with Crippen LogP contribution in [0.4, 0.5) is 0 Å². The number of hydrogen-bond acceptors (Lipinski definition) is 3. The van der Waals surface area contributed by atoms with Crippen LogP contribution >= 0.6 is 0 Å². The number of rotatable bonds is 6. The minimum absolute atomic E-state index is 0.297. The van der Waals surface area contributed by atoms with Crippen molar-refractivity contribution in [2.24, 2.45) is 11.8 Å². The Morgan fingerprint density at radius 1 is 1.38 bits per heavy atom. The van der Waals surface area contributed by atoms with Gasteiger partial charge in [0.05, 0.1) is 6.10 Å². The highest BCUT2D eigenvalue weighted by Crippen LogP contribution is 2.20. The summed E-state index contributed by atoms with van der Waals surface area (Å²) >= 11 is 0. The van der Waals surface area contributed by atoms with Gasteiger partial charge in [-0.05, 0) is 37.6 Å². The van der Waals surface area contributed by atoms with Crippen molar-refractivity contribution in [3.05, 3.63) is 0 Å². The molecule has 0 aromatic rings. The molecule has 0 bridgehead atoms. The maximum atomic E-state index is 8.84. The molecule has 0 aromatic carbocycles. The van der Waals surface area contributed by atoms with Crippen molar-refractivity contribution in [3.63, 3.8) is 0 Å². The number of aliphatic hydroxyl groups is 1. The van der Waals surface area contributed by atoms with Gasteiger partial charge in [-0.1, -0.05) is 20.8 Å². The molecule has 2 N–H and O–H groups in total. The van der Waals surface area contributed by atoms with Crippen LogP contribution in [0.2, 0.25) is 0 Å². The molecule has 0 aliphatic carbocycles. The number of ether oxygens (including phenoxy) is 1. The van der Waals surface area contributed by atoms with Crippen molar-refractivity contribution in [1.29, 1.82) is 0 Å². The summed E-state index contributed by atoms with van der Waals surface area (Å²) in [6.45, 7) is 8.82. The molecule has 1 fully saturated rings. The van der Waals surface area contributed by atoms with Crippen molar-refractivity contribution in [3.8, 4) is 0 Å². The van der Waals surface area contributed by atoms with E-state index in [1.165, 1.54) is 0 Å². The van der Waals surface area contributed by atoms with E-state index in [-0.39, 0.29) is 0 Å². The van der Waals surface area contributed by atoms with Crippen LogP contribution in [0.3, 0.4) is 0 Å². The first-order valence-corrected chi connectivity index (χ1v) is 6.59. The standard InChI is InChI=1S/C13H27NO2/c1-10(2)13-8-12(5-7-16-13)14-9-11(3)4-6-15/h10-15H,4-9H2,1-3H3. The van der Waals surface area contributed by atoms with Gasteiger partial charge in [-0.25, -0.2) is 0 Å². The molecule has 3 unspecified atom stereocenters. The molecule has 0 aromatic heterocycles. The highest BCUT2D eigenvalue weighted by atomic mass is 16.5. The highest BCUT2D eigenvalue weighted by Gasteiger charge is 2.24. The van der Waals surface area contributed by atoms with Gasteiger partial charge >= 0.3 is 0 Å². The van der Waals surface area contributed by atoms with Crippen LogP contribution in [0.15, 0.2) is 0 Å². The molecule has 3 atom stereocenters. The van der Waals surface area contributed by atoms with E-state index >= 15 is 0 Å². The van der Waals surface area contributed by atoms with E-state index in [9.17, 15) is 0 Å². The predicted molar refractivity (Wildman–Crippen MR) is 66.5 cm³/mol. The van der Waals surface area contributed by atoms with Gasteiger partial charge in [-0.15, -0.1) is 0 Å². The zero-order valence-electron chi connectivity index (χ0n) is 10.9. The molecular formula is C13H27NO2. The molecule has 1 aliphatic rings. The Morgan fingerprint density at radius 2 is 2.12 bits per heavy atom. The Morgan fingerprint density at radius 3 is 2.75 bits per heavy atom. The third-order valence-electron chi connectivity index (χ3n) is 3.44. The number of aliphatic hydroxyl groups excluding tert-OH is 1. The van der Waals surface area contributed by atoms with Crippen molar-refractivity contribution in [2.45, 2.75) is 52.2 Å². The second-order valence-electron chi connectivity index (χ2n) is 5.40. The molecule has 1 saturated heterocycles. The fourth-order valence-corrected chi connectivity index (χ4v) is 2.17. The van der Waals surface area contributed by atoms with Gasteiger partial charge < -0.3 is 15.2 Å². The van der Waals surface area contributed by atoms with Gasteiger partial charge in [-0.3, -0.25) is 0 Å². The summed E-state index contributed by atoms with van der Waals surface area (Å²) in [7, 11) is 0. The van der Waals surface area contributed by atoms with Crippen LogP contribution in [0.1, 0.15) is 40.0 Å². The third kappa shape index (κ3) is 4.81. The molecule has 3 heteroatoms. The van der Waals surface area contributed by atoms with Gasteiger partial charge in [0.2, 0.25) is 0 Å². The topological polar surface area (TPSA) is 41.5 Å². The normalized spacial score (nSPS) is 28.3. The van der Waals surface area contributed by atoms with Crippen LogP contribution in [0.25, 0.3) is 0 Å². The maximum absolute atomic E-state index is 8.84. The highest BCUT2D eigenvalue weighted by molar-refractivity contribution is 4.79. The summed E-state index contributed by atoms with van der Waals surface area (Å²) in [5.41, 5.74) is 0. The average Bonchev–Trinajstić information content (AvgIpc) is 2.27. The Kier molecular flexibility index (Phi) is 6.32. The van der Waals surface area contributed by atoms with E-state index in [1.807, 2.05) is 0 Å². The summed E-state index contributed by atoms with van der Waals surface area (Å²) in [5.74, 6) is 1.17. The van der Waals surface area contributed by atoms with Crippen LogP contribution in [0.5, 0.6) is 0 Å². The SMILES string of the molecule is CC(CCO)CNC1CCOC(C(C)C)C1. The van der Waals surface area contributed by atoms with Crippen molar-refractivity contribution in [2.75, 3.05) is 19.8 Å². The van der Waals surface area contributed by atoms with Crippen LogP contribution in [-0.2, 0) is 4.74 Å². The van der Waals surface area contributed by atoms with E-state index in [0.717, 1.165) is 32.4 Å². The van der Waals surface area contributed by atoms with Gasteiger partial charge in [0.15, 0.2) is 0 Å². The van der Waals surface area contributed by atoms with Crippen molar-refractivity contribution in [1.82, 2.24) is 5.32 Å². The molecule has 3 nitrogen and oxygen atoms in total. The quantitative estimate of drug-likeness (QED) is 0.730. The van der Waals surface area contributed by atoms with Crippen LogP contribution < -0.4 is 5.32 Å². The Hall–Kier alpha value is -0.120. The molecule has 96 valence electrons. The Bertz CT molecular complexity index is 185. The lowest BCUT2D eigenvalue weighted by Gasteiger charge is -2.33. The minimum atomic E-state index is 0.297. The molecule has 0 saturated carbocycles. The summed E-state index contributed by atoms with van der Waals surface area (Å²) in [6, 6.07) is 0.599. The zero-order chi connectivity index (χ0) is 12.0. The fraction of sp³-hybridized carbons (Fsp3) is 1.00. The second kappa shape index (κ2) is 7.25. The van der Waals surface area contributed by atoms with Crippen LogP contribution in [0, 0.1) is 11.8 Å². The Balaban J connectivity index is 2.21. The third-order valence-corrected chi connectivity index (χ3v) is 3.44. The molecule has 1 heterocycles. The largest absolute Gasteiger partial charge is 0.396 e.